The van der Waals surface area contributed by atoms with E-state index in [0.717, 1.165) is 0 Å². The molecule has 3 N–H and O–H groups in total. The fourth-order valence-corrected chi connectivity index (χ4v) is 1.87. The maximum Gasteiger partial charge on any atom is 0.184 e. The second-order valence-corrected chi connectivity index (χ2v) is 4.34. The Morgan fingerprint density at radius 2 is 1.80 bits per heavy atom. The number of aliphatic hydroxyl groups is 3. The van der Waals surface area contributed by atoms with Gasteiger partial charge in [0.25, 0.3) is 0 Å². The summed E-state index contributed by atoms with van der Waals surface area (Å²) >= 11 is 0. The molecule has 2 saturated heterocycles. The molecule has 0 spiro atoms. The molecule has 0 aromatic carbocycles. The van der Waals surface area contributed by atoms with Gasteiger partial charge in [0.1, 0.15) is 24.4 Å². The van der Waals surface area contributed by atoms with Crippen molar-refractivity contribution < 1.29 is 29.5 Å². The first-order valence-electron chi connectivity index (χ1n) is 4.92. The Morgan fingerprint density at radius 3 is 2.20 bits per heavy atom. The summed E-state index contributed by atoms with van der Waals surface area (Å²) in [5, 5.41) is 28.1. The molecule has 6 heteroatoms. The van der Waals surface area contributed by atoms with Crippen LogP contribution < -0.4 is 0 Å². The van der Waals surface area contributed by atoms with Crippen molar-refractivity contribution >= 4 is 0 Å². The van der Waals surface area contributed by atoms with Crippen LogP contribution in [0.2, 0.25) is 0 Å². The Labute approximate surface area is 87.4 Å². The van der Waals surface area contributed by atoms with E-state index in [-0.39, 0.29) is 6.61 Å². The molecule has 0 aromatic rings. The molecule has 0 aromatic heterocycles. The highest BCUT2D eigenvalue weighted by Crippen LogP contribution is 2.31. The van der Waals surface area contributed by atoms with Gasteiger partial charge in [-0.15, -0.1) is 0 Å². The van der Waals surface area contributed by atoms with E-state index >= 15 is 0 Å². The van der Waals surface area contributed by atoms with Crippen LogP contribution in [-0.2, 0) is 14.2 Å². The second kappa shape index (κ2) is 3.65. The van der Waals surface area contributed by atoms with E-state index in [0.29, 0.717) is 0 Å². The van der Waals surface area contributed by atoms with Crippen LogP contribution in [0.1, 0.15) is 13.8 Å². The Balaban J connectivity index is 2.01. The highest BCUT2D eigenvalue weighted by atomic mass is 16.8. The molecule has 2 aliphatic heterocycles. The standard InChI is InChI=1S/C9H16O6/c1-9(2)13-3-4(15-9)7-5(10)6(11)8(12)14-7/h4-8,10-12H,3H2,1-2H3/t4-,5-,6-,7-,8+/m1/s1. The van der Waals surface area contributed by atoms with E-state index < -0.39 is 36.5 Å². The van der Waals surface area contributed by atoms with Crippen molar-refractivity contribution in [3.63, 3.8) is 0 Å². The molecule has 2 heterocycles. The number of hydrogen-bond acceptors (Lipinski definition) is 6. The van der Waals surface area contributed by atoms with Gasteiger partial charge in [0.05, 0.1) is 6.61 Å². The van der Waals surface area contributed by atoms with Crippen LogP contribution in [0.4, 0.5) is 0 Å². The van der Waals surface area contributed by atoms with Gasteiger partial charge >= 0.3 is 0 Å². The third-order valence-corrected chi connectivity index (χ3v) is 2.67. The molecule has 0 bridgehead atoms. The number of ether oxygens (including phenoxy) is 3. The van der Waals surface area contributed by atoms with Gasteiger partial charge in [-0.3, -0.25) is 0 Å². The summed E-state index contributed by atoms with van der Waals surface area (Å²) in [7, 11) is 0. The minimum absolute atomic E-state index is 0.272. The summed E-state index contributed by atoms with van der Waals surface area (Å²) in [6.45, 7) is 3.77. The smallest absolute Gasteiger partial charge is 0.184 e. The zero-order valence-electron chi connectivity index (χ0n) is 8.66. The zero-order valence-corrected chi connectivity index (χ0v) is 8.66. The molecule has 88 valence electrons. The van der Waals surface area contributed by atoms with E-state index in [9.17, 15) is 15.3 Å². The lowest BCUT2D eigenvalue weighted by Gasteiger charge is -2.22. The topological polar surface area (TPSA) is 88.4 Å². The molecule has 0 saturated carbocycles. The van der Waals surface area contributed by atoms with Crippen LogP contribution in [0.3, 0.4) is 0 Å². The largest absolute Gasteiger partial charge is 0.387 e. The first-order valence-corrected chi connectivity index (χ1v) is 4.92. The van der Waals surface area contributed by atoms with E-state index in [1.165, 1.54) is 0 Å². The minimum atomic E-state index is -1.36. The first-order chi connectivity index (χ1) is 6.91. The third-order valence-electron chi connectivity index (χ3n) is 2.67. The average Bonchev–Trinajstić information content (AvgIpc) is 2.62. The average molecular weight is 220 g/mol. The summed E-state index contributed by atoms with van der Waals surface area (Å²) in [6.07, 6.45) is -5.03. The highest BCUT2D eigenvalue weighted by Gasteiger charge is 2.49. The quantitative estimate of drug-likeness (QED) is 0.502. The van der Waals surface area contributed by atoms with Gasteiger partial charge in [0, 0.05) is 0 Å². The van der Waals surface area contributed by atoms with Crippen molar-refractivity contribution in [2.75, 3.05) is 6.61 Å². The number of rotatable bonds is 1. The van der Waals surface area contributed by atoms with Crippen molar-refractivity contribution in [2.24, 2.45) is 0 Å². The molecule has 2 rings (SSSR count). The lowest BCUT2D eigenvalue weighted by atomic mass is 10.1. The van der Waals surface area contributed by atoms with Gasteiger partial charge in [-0.2, -0.15) is 0 Å². The predicted octanol–water partition coefficient (Wildman–Crippen LogP) is -1.42. The molecule has 0 radical (unpaired) electrons. The third kappa shape index (κ3) is 2.01. The SMILES string of the molecule is CC1(C)OC[C@H]([C@H]2O[C@H](O)[C@H](O)[C@H]2O)O1. The maximum absolute atomic E-state index is 9.59. The number of hydrogen-bond donors (Lipinski definition) is 3. The van der Waals surface area contributed by atoms with E-state index in [2.05, 4.69) is 0 Å². The molecule has 2 aliphatic rings. The lowest BCUT2D eigenvalue weighted by Crippen LogP contribution is -2.40. The van der Waals surface area contributed by atoms with Crippen molar-refractivity contribution in [2.45, 2.75) is 50.3 Å². The van der Waals surface area contributed by atoms with Gasteiger partial charge < -0.3 is 29.5 Å². The molecule has 5 atom stereocenters. The van der Waals surface area contributed by atoms with Crippen LogP contribution in [0.25, 0.3) is 0 Å². The van der Waals surface area contributed by atoms with Crippen LogP contribution >= 0.6 is 0 Å². The Kier molecular flexibility index (Phi) is 2.74. The molecular formula is C9H16O6. The fourth-order valence-electron chi connectivity index (χ4n) is 1.87. The number of aliphatic hydroxyl groups excluding tert-OH is 3. The molecule has 2 fully saturated rings. The summed E-state index contributed by atoms with van der Waals surface area (Å²) in [4.78, 5) is 0. The summed E-state index contributed by atoms with van der Waals surface area (Å²) in [5.41, 5.74) is 0. The van der Waals surface area contributed by atoms with Gasteiger partial charge in [-0.05, 0) is 13.8 Å². The van der Waals surface area contributed by atoms with E-state index in [1.54, 1.807) is 13.8 Å². The normalized spacial score (nSPS) is 49.8. The van der Waals surface area contributed by atoms with Crippen molar-refractivity contribution in [1.29, 1.82) is 0 Å². The van der Waals surface area contributed by atoms with Crippen LogP contribution in [0.15, 0.2) is 0 Å². The van der Waals surface area contributed by atoms with Gasteiger partial charge in [-0.25, -0.2) is 0 Å². The fraction of sp³-hybridized carbons (Fsp3) is 1.00. The minimum Gasteiger partial charge on any atom is -0.387 e. The van der Waals surface area contributed by atoms with E-state index in [1.807, 2.05) is 0 Å². The van der Waals surface area contributed by atoms with Gasteiger partial charge in [0.2, 0.25) is 0 Å². The van der Waals surface area contributed by atoms with E-state index in [4.69, 9.17) is 14.2 Å². The summed E-state index contributed by atoms with van der Waals surface area (Å²) in [5.74, 6) is -0.716. The molecule has 6 nitrogen and oxygen atoms in total. The van der Waals surface area contributed by atoms with Crippen molar-refractivity contribution in [3.05, 3.63) is 0 Å². The predicted molar refractivity (Wildman–Crippen MR) is 47.8 cm³/mol. The zero-order chi connectivity index (χ0) is 11.2. The van der Waals surface area contributed by atoms with Crippen LogP contribution in [-0.4, -0.2) is 58.4 Å². The van der Waals surface area contributed by atoms with Gasteiger partial charge in [0.15, 0.2) is 12.1 Å². The Bertz CT molecular complexity index is 243. The maximum atomic E-state index is 9.59. The summed E-state index contributed by atoms with van der Waals surface area (Å²) < 4.78 is 15.8. The van der Waals surface area contributed by atoms with Crippen LogP contribution in [0, 0.1) is 0 Å². The molecular weight excluding hydrogens is 204 g/mol. The molecule has 15 heavy (non-hydrogen) atoms. The Morgan fingerprint density at radius 1 is 1.13 bits per heavy atom. The molecule has 0 unspecified atom stereocenters. The van der Waals surface area contributed by atoms with Gasteiger partial charge in [-0.1, -0.05) is 0 Å². The molecule has 0 amide bonds. The summed E-state index contributed by atoms with van der Waals surface area (Å²) in [6, 6.07) is 0. The molecule has 0 aliphatic carbocycles. The van der Waals surface area contributed by atoms with Crippen LogP contribution in [0.5, 0.6) is 0 Å². The van der Waals surface area contributed by atoms with Crippen molar-refractivity contribution in [3.8, 4) is 0 Å². The highest BCUT2D eigenvalue weighted by molar-refractivity contribution is 4.93. The van der Waals surface area contributed by atoms with Crippen molar-refractivity contribution in [1.82, 2.24) is 0 Å². The first kappa shape index (κ1) is 11.3. The lowest BCUT2D eigenvalue weighted by molar-refractivity contribution is -0.177. The monoisotopic (exact) mass is 220 g/mol. The second-order valence-electron chi connectivity index (χ2n) is 4.34. The Hall–Kier alpha value is -0.240.